The normalized spacial score (nSPS) is 23.0. The van der Waals surface area contributed by atoms with Crippen LogP contribution in [-0.4, -0.2) is 79.8 Å². The standard InChI is InChI=1S/C25H31ClN4O5S/c1-3-30(24(32)33)25(16-27-15-21(25)17-4-6-19(26)7-5-17)23(31)18-10-12-29(13-11-18)22-9-8-20(14-28-22)36(2,34)35/h4-9,14,18,21,27H,3,10-13,15-16H2,1-2H3,(H,32,33)/t21-,25+/m1/s1. The fourth-order valence-electron chi connectivity index (χ4n) is 5.55. The number of aromatic nitrogens is 1. The quantitative estimate of drug-likeness (QED) is 0.556. The molecule has 0 radical (unpaired) electrons. The smallest absolute Gasteiger partial charge is 0.408 e. The number of anilines is 1. The second-order valence-electron chi connectivity index (χ2n) is 9.44. The summed E-state index contributed by atoms with van der Waals surface area (Å²) in [5, 5.41) is 14.0. The minimum Gasteiger partial charge on any atom is -0.465 e. The summed E-state index contributed by atoms with van der Waals surface area (Å²) in [5.74, 6) is -0.0387. The number of hydrogen-bond acceptors (Lipinski definition) is 7. The van der Waals surface area contributed by atoms with Gasteiger partial charge in [-0.15, -0.1) is 0 Å². The summed E-state index contributed by atoms with van der Waals surface area (Å²) in [4.78, 5) is 34.3. The number of benzene rings is 1. The number of halogens is 1. The van der Waals surface area contributed by atoms with Gasteiger partial charge in [-0.3, -0.25) is 9.69 Å². The third-order valence-corrected chi connectivity index (χ3v) is 8.74. The molecule has 9 nitrogen and oxygen atoms in total. The Morgan fingerprint density at radius 3 is 2.39 bits per heavy atom. The van der Waals surface area contributed by atoms with E-state index < -0.39 is 21.5 Å². The molecule has 1 amide bonds. The predicted octanol–water partition coefficient (Wildman–Crippen LogP) is 3.05. The molecule has 36 heavy (non-hydrogen) atoms. The fraction of sp³-hybridized carbons (Fsp3) is 0.480. The summed E-state index contributed by atoms with van der Waals surface area (Å²) in [5.41, 5.74) is -0.332. The Balaban J connectivity index is 1.58. The molecular weight excluding hydrogens is 504 g/mol. The molecule has 0 aliphatic carbocycles. The van der Waals surface area contributed by atoms with E-state index in [1.807, 2.05) is 17.0 Å². The number of piperidine rings is 1. The lowest BCUT2D eigenvalue weighted by Gasteiger charge is -2.45. The van der Waals surface area contributed by atoms with Crippen molar-refractivity contribution in [2.45, 2.75) is 36.1 Å². The van der Waals surface area contributed by atoms with Crippen LogP contribution in [0.4, 0.5) is 10.6 Å². The minimum atomic E-state index is -3.33. The van der Waals surface area contributed by atoms with Crippen LogP contribution in [0, 0.1) is 5.92 Å². The molecule has 2 N–H and O–H groups in total. The van der Waals surface area contributed by atoms with Gasteiger partial charge in [0, 0.05) is 62.0 Å². The van der Waals surface area contributed by atoms with Crippen molar-refractivity contribution in [3.05, 3.63) is 53.2 Å². The van der Waals surface area contributed by atoms with Crippen molar-refractivity contribution in [3.63, 3.8) is 0 Å². The molecule has 2 aliphatic rings. The molecule has 2 saturated heterocycles. The lowest BCUT2D eigenvalue weighted by molar-refractivity contribution is -0.135. The molecule has 0 saturated carbocycles. The number of Topliss-reactive ketones (excluding diaryl/α,β-unsaturated/α-hetero) is 1. The first-order chi connectivity index (χ1) is 17.1. The zero-order valence-electron chi connectivity index (χ0n) is 20.4. The minimum absolute atomic E-state index is 0.0586. The Labute approximate surface area is 216 Å². The molecular formula is C25H31ClN4O5S. The largest absolute Gasteiger partial charge is 0.465 e. The van der Waals surface area contributed by atoms with Gasteiger partial charge in [-0.1, -0.05) is 23.7 Å². The monoisotopic (exact) mass is 534 g/mol. The molecule has 0 spiro atoms. The van der Waals surface area contributed by atoms with E-state index in [1.54, 1.807) is 25.1 Å². The lowest BCUT2D eigenvalue weighted by atomic mass is 9.72. The van der Waals surface area contributed by atoms with E-state index in [1.165, 1.54) is 17.2 Å². The summed E-state index contributed by atoms with van der Waals surface area (Å²) in [6, 6.07) is 10.5. The lowest BCUT2D eigenvalue weighted by Crippen LogP contribution is -2.63. The van der Waals surface area contributed by atoms with Gasteiger partial charge in [-0.2, -0.15) is 0 Å². The van der Waals surface area contributed by atoms with E-state index >= 15 is 0 Å². The van der Waals surface area contributed by atoms with E-state index in [-0.39, 0.29) is 35.6 Å². The first-order valence-corrected chi connectivity index (χ1v) is 14.3. The number of ketones is 1. The summed E-state index contributed by atoms with van der Waals surface area (Å²) < 4.78 is 23.4. The molecule has 4 rings (SSSR count). The molecule has 1 aromatic heterocycles. The summed E-state index contributed by atoms with van der Waals surface area (Å²) in [7, 11) is -3.33. The number of nitrogens with one attached hydrogen (secondary N) is 1. The third kappa shape index (κ3) is 4.94. The van der Waals surface area contributed by atoms with Gasteiger partial charge in [0.25, 0.3) is 0 Å². The molecule has 2 aliphatic heterocycles. The zero-order valence-corrected chi connectivity index (χ0v) is 21.9. The number of carboxylic acid groups (broad SMARTS) is 1. The Kier molecular flexibility index (Phi) is 7.59. The number of nitrogens with zero attached hydrogens (tertiary/aromatic N) is 3. The molecule has 194 valence electrons. The Bertz CT molecular complexity index is 1210. The van der Waals surface area contributed by atoms with E-state index in [9.17, 15) is 23.1 Å². The third-order valence-electron chi connectivity index (χ3n) is 7.39. The Morgan fingerprint density at radius 2 is 1.86 bits per heavy atom. The number of rotatable bonds is 7. The second kappa shape index (κ2) is 10.4. The first kappa shape index (κ1) is 26.4. The second-order valence-corrected chi connectivity index (χ2v) is 11.9. The Morgan fingerprint density at radius 1 is 1.19 bits per heavy atom. The highest BCUT2D eigenvalue weighted by Gasteiger charge is 2.56. The van der Waals surface area contributed by atoms with Crippen LogP contribution in [0.15, 0.2) is 47.5 Å². The molecule has 1 aromatic carbocycles. The molecule has 11 heteroatoms. The summed E-state index contributed by atoms with van der Waals surface area (Å²) >= 11 is 6.08. The van der Waals surface area contributed by atoms with Crippen molar-refractivity contribution in [2.24, 2.45) is 5.92 Å². The van der Waals surface area contributed by atoms with Gasteiger partial charge in [0.05, 0.1) is 4.90 Å². The SMILES string of the molecule is CCN(C(=O)O)[C@@]1(C(=O)C2CCN(c3ccc(S(C)(=O)=O)cn3)CC2)CNC[C@@H]1c1ccc(Cl)cc1. The highest BCUT2D eigenvalue weighted by atomic mass is 35.5. The van der Waals surface area contributed by atoms with Gasteiger partial charge >= 0.3 is 6.09 Å². The van der Waals surface area contributed by atoms with Crippen LogP contribution in [0.25, 0.3) is 0 Å². The van der Waals surface area contributed by atoms with Crippen molar-refractivity contribution in [1.29, 1.82) is 0 Å². The number of carbonyl (C=O) groups excluding carboxylic acids is 1. The van der Waals surface area contributed by atoms with Crippen LogP contribution in [-0.2, 0) is 14.6 Å². The van der Waals surface area contributed by atoms with E-state index in [0.717, 1.165) is 11.8 Å². The van der Waals surface area contributed by atoms with Gasteiger partial charge in [0.2, 0.25) is 0 Å². The average molecular weight is 535 g/mol. The van der Waals surface area contributed by atoms with Crippen molar-refractivity contribution < 1.29 is 23.1 Å². The topological polar surface area (TPSA) is 120 Å². The van der Waals surface area contributed by atoms with E-state index in [0.29, 0.717) is 43.3 Å². The maximum atomic E-state index is 14.2. The average Bonchev–Trinajstić information content (AvgIpc) is 3.29. The number of likely N-dealkylation sites (N-methyl/N-ethyl adjacent to an activating group) is 1. The van der Waals surface area contributed by atoms with Crippen LogP contribution in [0.1, 0.15) is 31.2 Å². The van der Waals surface area contributed by atoms with Crippen molar-refractivity contribution in [2.75, 3.05) is 43.9 Å². The number of carbonyl (C=O) groups is 2. The van der Waals surface area contributed by atoms with Gasteiger partial charge < -0.3 is 15.3 Å². The molecule has 0 bridgehead atoms. The first-order valence-electron chi connectivity index (χ1n) is 12.0. The maximum Gasteiger partial charge on any atom is 0.408 e. The van der Waals surface area contributed by atoms with Crippen molar-refractivity contribution in [1.82, 2.24) is 15.2 Å². The maximum absolute atomic E-state index is 14.2. The van der Waals surface area contributed by atoms with Crippen LogP contribution in [0.5, 0.6) is 0 Å². The summed E-state index contributed by atoms with van der Waals surface area (Å²) in [6.07, 6.45) is 2.49. The van der Waals surface area contributed by atoms with Crippen LogP contribution in [0.3, 0.4) is 0 Å². The zero-order chi connectivity index (χ0) is 26.1. The van der Waals surface area contributed by atoms with Gasteiger partial charge in [0.1, 0.15) is 11.4 Å². The molecule has 2 atom stereocenters. The number of pyridine rings is 1. The van der Waals surface area contributed by atoms with Crippen LogP contribution in [0.2, 0.25) is 5.02 Å². The highest BCUT2D eigenvalue weighted by Crippen LogP contribution is 2.41. The van der Waals surface area contributed by atoms with Crippen molar-refractivity contribution in [3.8, 4) is 0 Å². The van der Waals surface area contributed by atoms with Gasteiger partial charge in [-0.05, 0) is 49.6 Å². The Hall–Kier alpha value is -2.69. The van der Waals surface area contributed by atoms with Gasteiger partial charge in [-0.25, -0.2) is 18.2 Å². The van der Waals surface area contributed by atoms with Crippen molar-refractivity contribution >= 4 is 39.1 Å². The molecule has 0 unspecified atom stereocenters. The van der Waals surface area contributed by atoms with Crippen LogP contribution < -0.4 is 10.2 Å². The molecule has 2 fully saturated rings. The number of amides is 1. The number of sulfone groups is 1. The molecule has 3 heterocycles. The van der Waals surface area contributed by atoms with E-state index in [2.05, 4.69) is 10.3 Å². The number of hydrogen-bond donors (Lipinski definition) is 2. The van der Waals surface area contributed by atoms with Gasteiger partial charge in [0.15, 0.2) is 15.6 Å². The predicted molar refractivity (Wildman–Crippen MR) is 137 cm³/mol. The van der Waals surface area contributed by atoms with E-state index in [4.69, 9.17) is 11.6 Å². The summed E-state index contributed by atoms with van der Waals surface area (Å²) in [6.45, 7) is 3.84. The fourth-order valence-corrected chi connectivity index (χ4v) is 6.24. The molecule has 2 aromatic rings. The highest BCUT2D eigenvalue weighted by molar-refractivity contribution is 7.90. The van der Waals surface area contributed by atoms with Crippen LogP contribution >= 0.6 is 11.6 Å².